The number of carbonyl (C=O) groups is 2. The molecule has 1 aliphatic carbocycles. The van der Waals surface area contributed by atoms with E-state index in [1.54, 1.807) is 38.3 Å². The van der Waals surface area contributed by atoms with Crippen LogP contribution in [0.4, 0.5) is 0 Å². The van der Waals surface area contributed by atoms with Crippen LogP contribution in [0.25, 0.3) is 10.8 Å². The monoisotopic (exact) mass is 435 g/mol. The first-order valence-electron chi connectivity index (χ1n) is 10.6. The zero-order valence-corrected chi connectivity index (χ0v) is 18.0. The molecule has 1 fully saturated rings. The second-order valence-corrected chi connectivity index (χ2v) is 7.75. The van der Waals surface area contributed by atoms with Gasteiger partial charge < -0.3 is 14.8 Å². The Hall–Kier alpha value is -3.68. The Balaban J connectivity index is 1.46. The quantitative estimate of drug-likeness (QED) is 0.546. The fourth-order valence-corrected chi connectivity index (χ4v) is 3.73. The Kier molecular flexibility index (Phi) is 6.20. The van der Waals surface area contributed by atoms with Crippen LogP contribution in [-0.4, -0.2) is 35.4 Å². The summed E-state index contributed by atoms with van der Waals surface area (Å²) in [4.78, 5) is 37.7. The van der Waals surface area contributed by atoms with Crippen molar-refractivity contribution in [2.45, 2.75) is 32.4 Å². The van der Waals surface area contributed by atoms with E-state index >= 15 is 0 Å². The summed E-state index contributed by atoms with van der Waals surface area (Å²) in [7, 11) is 1.61. The van der Waals surface area contributed by atoms with Crippen molar-refractivity contribution in [3.05, 3.63) is 70.1 Å². The van der Waals surface area contributed by atoms with Gasteiger partial charge in [-0.2, -0.15) is 5.10 Å². The van der Waals surface area contributed by atoms with E-state index in [4.69, 9.17) is 9.47 Å². The first-order chi connectivity index (χ1) is 15.5. The van der Waals surface area contributed by atoms with Crippen molar-refractivity contribution in [2.75, 3.05) is 13.7 Å². The number of esters is 1. The molecular weight excluding hydrogens is 410 g/mol. The van der Waals surface area contributed by atoms with Gasteiger partial charge in [0.05, 0.1) is 18.5 Å². The van der Waals surface area contributed by atoms with Gasteiger partial charge in [-0.25, -0.2) is 9.48 Å². The van der Waals surface area contributed by atoms with Gasteiger partial charge in [-0.15, -0.1) is 0 Å². The molecular formula is C24H25N3O5. The van der Waals surface area contributed by atoms with Gasteiger partial charge in [0, 0.05) is 11.9 Å². The molecule has 8 heteroatoms. The molecule has 0 bridgehead atoms. The van der Waals surface area contributed by atoms with E-state index in [-0.39, 0.29) is 23.2 Å². The molecule has 1 atom stereocenters. The molecule has 3 aromatic rings. The highest BCUT2D eigenvalue weighted by Gasteiger charge is 2.33. The summed E-state index contributed by atoms with van der Waals surface area (Å²) >= 11 is 0. The number of nitrogens with one attached hydrogen (secondary N) is 1. The second kappa shape index (κ2) is 9.21. The fraction of sp³-hybridized carbons (Fsp3) is 0.333. The number of aryl methyl sites for hydroxylation is 1. The molecule has 0 radical (unpaired) electrons. The van der Waals surface area contributed by atoms with Crippen LogP contribution < -0.4 is 15.6 Å². The van der Waals surface area contributed by atoms with Gasteiger partial charge in [-0.1, -0.05) is 30.3 Å². The number of nitrogens with zero attached hydrogens (tertiary/aromatic N) is 2. The van der Waals surface area contributed by atoms with E-state index in [1.165, 1.54) is 4.68 Å². The molecule has 8 nitrogen and oxygen atoms in total. The van der Waals surface area contributed by atoms with E-state index in [9.17, 15) is 14.4 Å². The van der Waals surface area contributed by atoms with Crippen LogP contribution in [0.5, 0.6) is 5.75 Å². The molecule has 166 valence electrons. The highest BCUT2D eigenvalue weighted by atomic mass is 16.5. The molecule has 1 saturated carbocycles. The predicted octanol–water partition coefficient (Wildman–Crippen LogP) is 2.85. The predicted molar refractivity (Wildman–Crippen MR) is 119 cm³/mol. The third kappa shape index (κ3) is 4.49. The Labute approximate surface area is 185 Å². The zero-order chi connectivity index (χ0) is 22.7. The third-order valence-electron chi connectivity index (χ3n) is 5.58. The molecule has 1 N–H and O–H groups in total. The summed E-state index contributed by atoms with van der Waals surface area (Å²) in [5.41, 5.74) is 0.726. The average molecular weight is 435 g/mol. The molecule has 1 unspecified atom stereocenters. The van der Waals surface area contributed by atoms with Crippen molar-refractivity contribution in [2.24, 2.45) is 5.92 Å². The minimum Gasteiger partial charge on any atom is -0.497 e. The third-order valence-corrected chi connectivity index (χ3v) is 5.58. The van der Waals surface area contributed by atoms with Crippen molar-refractivity contribution in [1.29, 1.82) is 0 Å². The molecule has 0 aliphatic heterocycles. The van der Waals surface area contributed by atoms with Crippen LogP contribution >= 0.6 is 0 Å². The van der Waals surface area contributed by atoms with E-state index in [0.29, 0.717) is 23.2 Å². The summed E-state index contributed by atoms with van der Waals surface area (Å²) in [5.74, 6) is -0.0244. The lowest BCUT2D eigenvalue weighted by molar-refractivity contribution is -0.125. The Morgan fingerprint density at radius 1 is 1.12 bits per heavy atom. The molecule has 1 heterocycles. The number of fused-ring (bicyclic) bond motifs is 1. The number of hydrogen-bond acceptors (Lipinski definition) is 6. The number of ether oxygens (including phenoxy) is 2. The summed E-state index contributed by atoms with van der Waals surface area (Å²) in [6.45, 7) is 1.65. The van der Waals surface area contributed by atoms with Gasteiger partial charge in [0.25, 0.3) is 11.5 Å². The van der Waals surface area contributed by atoms with E-state index in [2.05, 4.69) is 10.4 Å². The molecule has 32 heavy (non-hydrogen) atoms. The van der Waals surface area contributed by atoms with Crippen LogP contribution in [0.1, 0.15) is 41.9 Å². The average Bonchev–Trinajstić information content (AvgIpc) is 3.67. The number of methoxy groups -OCH3 is 1. The maximum absolute atomic E-state index is 12.7. The number of benzene rings is 2. The summed E-state index contributed by atoms with van der Waals surface area (Å²) in [5, 5.41) is 7.91. The minimum atomic E-state index is -0.744. The lowest BCUT2D eigenvalue weighted by Gasteiger charge is -2.19. The van der Waals surface area contributed by atoms with Crippen molar-refractivity contribution in [3.8, 4) is 5.75 Å². The van der Waals surface area contributed by atoms with Crippen LogP contribution in [0.15, 0.2) is 53.3 Å². The van der Waals surface area contributed by atoms with Crippen molar-refractivity contribution < 1.29 is 19.1 Å². The molecule has 0 saturated heterocycles. The minimum absolute atomic E-state index is 0.0174. The lowest BCUT2D eigenvalue weighted by Crippen LogP contribution is -2.34. The van der Waals surface area contributed by atoms with Gasteiger partial charge in [-0.05, 0) is 49.4 Å². The SMILES string of the molecule is CCn1nc(C(=O)OCC(=O)NC(c2ccc(OC)cc2)C2CC2)c2ccccc2c1=O. The van der Waals surface area contributed by atoms with E-state index in [0.717, 1.165) is 24.2 Å². The fourth-order valence-electron chi connectivity index (χ4n) is 3.73. The van der Waals surface area contributed by atoms with Gasteiger partial charge in [0.1, 0.15) is 5.75 Å². The number of amides is 1. The van der Waals surface area contributed by atoms with Crippen LogP contribution in [0, 0.1) is 5.92 Å². The molecule has 1 amide bonds. The number of rotatable bonds is 8. The van der Waals surface area contributed by atoms with Crippen LogP contribution in [-0.2, 0) is 16.1 Å². The Morgan fingerprint density at radius 3 is 2.44 bits per heavy atom. The van der Waals surface area contributed by atoms with E-state index < -0.39 is 12.6 Å². The highest BCUT2D eigenvalue weighted by Crippen LogP contribution is 2.41. The summed E-state index contributed by atoms with van der Waals surface area (Å²) in [6.07, 6.45) is 2.07. The van der Waals surface area contributed by atoms with E-state index in [1.807, 2.05) is 24.3 Å². The zero-order valence-electron chi connectivity index (χ0n) is 18.0. The first-order valence-corrected chi connectivity index (χ1v) is 10.6. The van der Waals surface area contributed by atoms with Gasteiger partial charge in [0.15, 0.2) is 12.3 Å². The van der Waals surface area contributed by atoms with Crippen molar-refractivity contribution in [3.63, 3.8) is 0 Å². The largest absolute Gasteiger partial charge is 0.497 e. The molecule has 4 rings (SSSR count). The maximum Gasteiger partial charge on any atom is 0.359 e. The normalized spacial score (nSPS) is 14.1. The number of aromatic nitrogens is 2. The maximum atomic E-state index is 12.7. The standard InChI is InChI=1S/C24H25N3O5/c1-3-27-23(29)19-7-5-4-6-18(19)22(26-27)24(30)32-14-20(28)25-21(15-8-9-15)16-10-12-17(31-2)13-11-16/h4-7,10-13,15,21H,3,8-9,14H2,1-2H3,(H,25,28). The topological polar surface area (TPSA) is 99.5 Å². The van der Waals surface area contributed by atoms with Gasteiger partial charge in [-0.3, -0.25) is 9.59 Å². The van der Waals surface area contributed by atoms with Crippen molar-refractivity contribution >= 4 is 22.6 Å². The summed E-state index contributed by atoms with van der Waals surface area (Å²) < 4.78 is 11.7. The second-order valence-electron chi connectivity index (χ2n) is 7.75. The van der Waals surface area contributed by atoms with Crippen molar-refractivity contribution in [1.82, 2.24) is 15.1 Å². The number of carbonyl (C=O) groups excluding carboxylic acids is 2. The van der Waals surface area contributed by atoms with Gasteiger partial charge >= 0.3 is 5.97 Å². The number of hydrogen-bond donors (Lipinski definition) is 1. The van der Waals surface area contributed by atoms with Gasteiger partial charge in [0.2, 0.25) is 0 Å². The molecule has 2 aromatic carbocycles. The first kappa shape index (κ1) is 21.5. The Bertz CT molecular complexity index is 1200. The molecule has 1 aromatic heterocycles. The lowest BCUT2D eigenvalue weighted by atomic mass is 10.0. The molecule has 0 spiro atoms. The Morgan fingerprint density at radius 2 is 1.81 bits per heavy atom. The van der Waals surface area contributed by atoms with Crippen LogP contribution in [0.2, 0.25) is 0 Å². The highest BCUT2D eigenvalue weighted by molar-refractivity contribution is 6.02. The smallest absolute Gasteiger partial charge is 0.359 e. The van der Waals surface area contributed by atoms with Crippen LogP contribution in [0.3, 0.4) is 0 Å². The molecule has 1 aliphatic rings. The summed E-state index contributed by atoms with van der Waals surface area (Å²) in [6, 6.07) is 14.2.